The highest BCUT2D eigenvalue weighted by molar-refractivity contribution is 6.19. The first-order valence-corrected chi connectivity index (χ1v) is 15.4. The van der Waals surface area contributed by atoms with E-state index in [4.69, 9.17) is 18.8 Å². The van der Waals surface area contributed by atoms with Gasteiger partial charge in [-0.3, -0.25) is 0 Å². The van der Waals surface area contributed by atoms with E-state index in [1.165, 1.54) is 21.9 Å². The molecular formula is C42H24N2O2. The smallest absolute Gasteiger partial charge is 0.180 e. The molecule has 0 N–H and O–H groups in total. The average Bonchev–Trinajstić information content (AvgIpc) is 3.69. The van der Waals surface area contributed by atoms with Gasteiger partial charge in [-0.25, -0.2) is 9.97 Å². The minimum Gasteiger partial charge on any atom is -0.455 e. The summed E-state index contributed by atoms with van der Waals surface area (Å²) in [4.78, 5) is 10.3. The van der Waals surface area contributed by atoms with Gasteiger partial charge in [-0.15, -0.1) is 0 Å². The zero-order chi connectivity index (χ0) is 30.2. The fourth-order valence-electron chi connectivity index (χ4n) is 6.85. The van der Waals surface area contributed by atoms with Crippen LogP contribution in [0.1, 0.15) is 0 Å². The van der Waals surface area contributed by atoms with Crippen LogP contribution >= 0.6 is 0 Å². The number of rotatable bonds is 3. The van der Waals surface area contributed by atoms with Crippen LogP contribution in [-0.2, 0) is 0 Å². The Hall–Kier alpha value is -6.26. The largest absolute Gasteiger partial charge is 0.455 e. The number of aromatic nitrogens is 2. The molecule has 0 amide bonds. The Kier molecular flexibility index (Phi) is 5.25. The van der Waals surface area contributed by atoms with E-state index in [0.717, 1.165) is 66.0 Å². The third kappa shape index (κ3) is 3.74. The molecule has 0 saturated heterocycles. The molecule has 4 heteroatoms. The van der Waals surface area contributed by atoms with E-state index in [0.29, 0.717) is 11.4 Å². The van der Waals surface area contributed by atoms with E-state index in [9.17, 15) is 0 Å². The lowest BCUT2D eigenvalue weighted by atomic mass is 9.95. The van der Waals surface area contributed by atoms with E-state index in [1.54, 1.807) is 0 Å². The Morgan fingerprint density at radius 2 is 1.11 bits per heavy atom. The van der Waals surface area contributed by atoms with E-state index in [1.807, 2.05) is 18.2 Å². The van der Waals surface area contributed by atoms with Crippen LogP contribution in [0.4, 0.5) is 0 Å². The minimum atomic E-state index is 0.624. The van der Waals surface area contributed by atoms with Crippen LogP contribution in [0.3, 0.4) is 0 Å². The van der Waals surface area contributed by atoms with Gasteiger partial charge >= 0.3 is 0 Å². The number of nitrogens with zero attached hydrogens (tertiary/aromatic N) is 2. The van der Waals surface area contributed by atoms with E-state index >= 15 is 0 Å². The van der Waals surface area contributed by atoms with Gasteiger partial charge in [0.25, 0.3) is 0 Å². The topological polar surface area (TPSA) is 52.1 Å². The van der Waals surface area contributed by atoms with Crippen LogP contribution in [0.5, 0.6) is 0 Å². The van der Waals surface area contributed by atoms with Gasteiger partial charge in [0.15, 0.2) is 11.4 Å². The molecule has 0 saturated carbocycles. The summed E-state index contributed by atoms with van der Waals surface area (Å²) in [7, 11) is 0. The molecule has 0 unspecified atom stereocenters. The first-order chi connectivity index (χ1) is 22.8. The molecule has 4 nitrogen and oxygen atoms in total. The van der Waals surface area contributed by atoms with Crippen molar-refractivity contribution < 1.29 is 8.83 Å². The molecule has 0 spiro atoms. The van der Waals surface area contributed by atoms with Gasteiger partial charge in [-0.05, 0) is 63.7 Å². The maximum Gasteiger partial charge on any atom is 0.180 e. The Labute approximate surface area is 263 Å². The Bertz CT molecular complexity index is 2810. The molecule has 0 bridgehead atoms. The Balaban J connectivity index is 1.21. The molecule has 0 radical (unpaired) electrons. The van der Waals surface area contributed by atoms with Crippen molar-refractivity contribution in [1.82, 2.24) is 9.97 Å². The van der Waals surface area contributed by atoms with Gasteiger partial charge in [0, 0.05) is 32.7 Å². The molecule has 0 aliphatic carbocycles. The summed E-state index contributed by atoms with van der Waals surface area (Å²) in [6.45, 7) is 0. The lowest BCUT2D eigenvalue weighted by molar-refractivity contribution is 0.667. The molecule has 0 fully saturated rings. The van der Waals surface area contributed by atoms with E-state index in [-0.39, 0.29) is 0 Å². The number of benzene rings is 7. The predicted octanol–water partition coefficient (Wildman–Crippen LogP) is 11.6. The second-order valence-corrected chi connectivity index (χ2v) is 11.8. The SMILES string of the molecule is c1ccc(-c2cc3c4ccc(-c5nc(-c6ccc7ccccc7c6)c6oc7ccccc7c6n5)cc4oc3c3ccccc23)cc1. The first-order valence-electron chi connectivity index (χ1n) is 15.4. The van der Waals surface area contributed by atoms with Crippen LogP contribution in [-0.4, -0.2) is 9.97 Å². The summed E-state index contributed by atoms with van der Waals surface area (Å²) in [5, 5.41) is 7.71. The molecule has 10 aromatic rings. The van der Waals surface area contributed by atoms with Crippen molar-refractivity contribution in [3.63, 3.8) is 0 Å². The van der Waals surface area contributed by atoms with Gasteiger partial charge < -0.3 is 8.83 Å². The first kappa shape index (κ1) is 25.1. The summed E-state index contributed by atoms with van der Waals surface area (Å²) in [6.07, 6.45) is 0. The van der Waals surface area contributed by atoms with E-state index in [2.05, 4.69) is 127 Å². The molecule has 0 aliphatic heterocycles. The van der Waals surface area contributed by atoms with Crippen molar-refractivity contribution in [2.24, 2.45) is 0 Å². The Morgan fingerprint density at radius 3 is 2.00 bits per heavy atom. The minimum absolute atomic E-state index is 0.624. The van der Waals surface area contributed by atoms with Crippen molar-refractivity contribution in [2.75, 3.05) is 0 Å². The van der Waals surface area contributed by atoms with Crippen LogP contribution in [0.25, 0.3) is 99.3 Å². The molecule has 0 atom stereocenters. The third-order valence-electron chi connectivity index (χ3n) is 9.06. The second-order valence-electron chi connectivity index (χ2n) is 11.8. The van der Waals surface area contributed by atoms with Crippen LogP contribution in [0.2, 0.25) is 0 Å². The maximum absolute atomic E-state index is 6.65. The second kappa shape index (κ2) is 9.62. The average molecular weight is 589 g/mol. The van der Waals surface area contributed by atoms with Gasteiger partial charge in [-0.1, -0.05) is 109 Å². The standard InChI is InChI=1S/C42H24N2O2/c1-2-11-26(12-3-1)34-24-35-31-21-20-29(23-37(31)46-40(35)32-15-7-6-14-30(32)34)42-43-38(28-19-18-25-10-4-5-13-27(25)22-28)41-39(44-42)33-16-8-9-17-36(33)45-41/h1-24H. The molecule has 3 heterocycles. The monoisotopic (exact) mass is 588 g/mol. The highest BCUT2D eigenvalue weighted by atomic mass is 16.3. The molecule has 0 aliphatic rings. The predicted molar refractivity (Wildman–Crippen MR) is 188 cm³/mol. The third-order valence-corrected chi connectivity index (χ3v) is 9.06. The fraction of sp³-hybridized carbons (Fsp3) is 0. The zero-order valence-electron chi connectivity index (χ0n) is 24.6. The molecule has 10 rings (SSSR count). The molecule has 214 valence electrons. The van der Waals surface area contributed by atoms with Crippen molar-refractivity contribution in [2.45, 2.75) is 0 Å². The Morgan fingerprint density at radius 1 is 0.391 bits per heavy atom. The summed E-state index contributed by atoms with van der Waals surface area (Å²) >= 11 is 0. The number of para-hydroxylation sites is 1. The fourth-order valence-corrected chi connectivity index (χ4v) is 6.85. The highest BCUT2D eigenvalue weighted by Crippen LogP contribution is 2.41. The van der Waals surface area contributed by atoms with Gasteiger partial charge in [0.2, 0.25) is 0 Å². The van der Waals surface area contributed by atoms with Crippen LogP contribution in [0.15, 0.2) is 154 Å². The number of hydrogen-bond donors (Lipinski definition) is 0. The van der Waals surface area contributed by atoms with Crippen molar-refractivity contribution >= 4 is 65.6 Å². The maximum atomic E-state index is 6.65. The molecule has 46 heavy (non-hydrogen) atoms. The van der Waals surface area contributed by atoms with Crippen LogP contribution in [0, 0.1) is 0 Å². The summed E-state index contributed by atoms with van der Waals surface area (Å²) < 4.78 is 13.0. The van der Waals surface area contributed by atoms with Crippen molar-refractivity contribution in [3.8, 4) is 33.8 Å². The molecule has 7 aromatic carbocycles. The molecular weight excluding hydrogens is 564 g/mol. The van der Waals surface area contributed by atoms with Crippen molar-refractivity contribution in [1.29, 1.82) is 0 Å². The summed E-state index contributed by atoms with van der Waals surface area (Å²) in [6, 6.07) is 50.4. The van der Waals surface area contributed by atoms with Gasteiger partial charge in [0.05, 0.1) is 0 Å². The van der Waals surface area contributed by atoms with E-state index < -0.39 is 0 Å². The quantitative estimate of drug-likeness (QED) is 0.206. The summed E-state index contributed by atoms with van der Waals surface area (Å²) in [5.41, 5.74) is 8.97. The lowest BCUT2D eigenvalue weighted by Crippen LogP contribution is -1.94. The highest BCUT2D eigenvalue weighted by Gasteiger charge is 2.20. The molecule has 3 aromatic heterocycles. The summed E-state index contributed by atoms with van der Waals surface area (Å²) in [5.74, 6) is 0.624. The number of hydrogen-bond acceptors (Lipinski definition) is 4. The van der Waals surface area contributed by atoms with Gasteiger partial charge in [0.1, 0.15) is 28.0 Å². The normalized spacial score (nSPS) is 11.9. The lowest BCUT2D eigenvalue weighted by Gasteiger charge is -2.08. The number of fused-ring (bicyclic) bond motifs is 9. The van der Waals surface area contributed by atoms with Crippen molar-refractivity contribution in [3.05, 3.63) is 146 Å². The van der Waals surface area contributed by atoms with Crippen LogP contribution < -0.4 is 0 Å². The number of furan rings is 2. The zero-order valence-corrected chi connectivity index (χ0v) is 24.6. The van der Waals surface area contributed by atoms with Gasteiger partial charge in [-0.2, -0.15) is 0 Å².